The zero-order valence-electron chi connectivity index (χ0n) is 7.98. The molecule has 0 aliphatic carbocycles. The Labute approximate surface area is 81.0 Å². The average Bonchev–Trinajstić information content (AvgIpc) is 2.59. The van der Waals surface area contributed by atoms with Crippen LogP contribution in [0.4, 0.5) is 4.79 Å². The molecule has 0 aromatic carbocycles. The molecule has 0 N–H and O–H groups in total. The van der Waals surface area contributed by atoms with Crippen LogP contribution < -0.4 is 0 Å². The number of cyclic esters (lactones) is 1. The molecule has 1 aliphatic rings. The molecule has 0 aromatic rings. The lowest BCUT2D eigenvalue weighted by Gasteiger charge is -2.08. The van der Waals surface area contributed by atoms with Crippen molar-refractivity contribution in [2.24, 2.45) is 0 Å². The van der Waals surface area contributed by atoms with Crippen molar-refractivity contribution in [3.8, 4) is 0 Å². The highest BCUT2D eigenvalue weighted by molar-refractivity contribution is 5.86. The van der Waals surface area contributed by atoms with E-state index in [1.54, 1.807) is 0 Å². The van der Waals surface area contributed by atoms with Crippen LogP contribution in [0, 0.1) is 0 Å². The van der Waals surface area contributed by atoms with Crippen LogP contribution in [0.15, 0.2) is 12.0 Å². The summed E-state index contributed by atoms with van der Waals surface area (Å²) in [5, 5.41) is 0. The standard InChI is InChI=1S/C8H11NO5/c1-12-6(7(10)13-2)5-9-3-4-14-8(9)11/h5H,3-4H2,1-2H3/b6-5-. The van der Waals surface area contributed by atoms with Crippen LogP contribution in [0.5, 0.6) is 0 Å². The van der Waals surface area contributed by atoms with Crippen molar-refractivity contribution in [1.82, 2.24) is 4.90 Å². The average molecular weight is 201 g/mol. The first kappa shape index (κ1) is 10.4. The van der Waals surface area contributed by atoms with Crippen LogP contribution in [0.25, 0.3) is 0 Å². The number of carbonyl (C=O) groups is 2. The number of nitrogens with zero attached hydrogens (tertiary/aromatic N) is 1. The Morgan fingerprint density at radius 3 is 2.64 bits per heavy atom. The lowest BCUT2D eigenvalue weighted by atomic mass is 10.5. The van der Waals surface area contributed by atoms with Crippen LogP contribution in [0.2, 0.25) is 0 Å². The van der Waals surface area contributed by atoms with Crippen LogP contribution in [-0.4, -0.2) is 44.3 Å². The number of ether oxygens (including phenoxy) is 3. The monoisotopic (exact) mass is 201 g/mol. The summed E-state index contributed by atoms with van der Waals surface area (Å²) in [6, 6.07) is 0. The Hall–Kier alpha value is -1.72. The van der Waals surface area contributed by atoms with Crippen LogP contribution in [0.3, 0.4) is 0 Å². The minimum atomic E-state index is -0.632. The molecule has 78 valence electrons. The van der Waals surface area contributed by atoms with Crippen molar-refractivity contribution in [3.05, 3.63) is 12.0 Å². The van der Waals surface area contributed by atoms with E-state index in [4.69, 9.17) is 4.74 Å². The molecule has 6 heteroatoms. The van der Waals surface area contributed by atoms with Gasteiger partial charge in [0.25, 0.3) is 0 Å². The van der Waals surface area contributed by atoms with E-state index in [1.165, 1.54) is 25.3 Å². The van der Waals surface area contributed by atoms with Gasteiger partial charge < -0.3 is 14.2 Å². The van der Waals surface area contributed by atoms with E-state index < -0.39 is 12.1 Å². The second-order valence-corrected chi connectivity index (χ2v) is 2.50. The Kier molecular flexibility index (Phi) is 3.33. The van der Waals surface area contributed by atoms with Gasteiger partial charge in [-0.15, -0.1) is 0 Å². The van der Waals surface area contributed by atoms with Gasteiger partial charge in [-0.2, -0.15) is 0 Å². The van der Waals surface area contributed by atoms with Crippen molar-refractivity contribution in [3.63, 3.8) is 0 Å². The van der Waals surface area contributed by atoms with Crippen LogP contribution >= 0.6 is 0 Å². The van der Waals surface area contributed by atoms with Gasteiger partial charge in [-0.3, -0.25) is 4.90 Å². The first-order valence-corrected chi connectivity index (χ1v) is 3.96. The van der Waals surface area contributed by atoms with Gasteiger partial charge in [-0.05, 0) is 0 Å². The van der Waals surface area contributed by atoms with E-state index in [0.29, 0.717) is 13.2 Å². The molecule has 0 aromatic heterocycles. The van der Waals surface area contributed by atoms with Gasteiger partial charge in [0.05, 0.1) is 27.0 Å². The van der Waals surface area contributed by atoms with Crippen molar-refractivity contribution in [2.45, 2.75) is 0 Å². The largest absolute Gasteiger partial charge is 0.489 e. The fraction of sp³-hybridized carbons (Fsp3) is 0.500. The molecule has 0 bridgehead atoms. The topological polar surface area (TPSA) is 65.1 Å². The number of carbonyl (C=O) groups excluding carboxylic acids is 2. The lowest BCUT2D eigenvalue weighted by molar-refractivity contribution is -0.139. The first-order chi connectivity index (χ1) is 6.69. The molecule has 6 nitrogen and oxygen atoms in total. The van der Waals surface area contributed by atoms with Crippen molar-refractivity contribution in [2.75, 3.05) is 27.4 Å². The number of methoxy groups -OCH3 is 2. The molecule has 0 atom stereocenters. The maximum Gasteiger partial charge on any atom is 0.414 e. The highest BCUT2D eigenvalue weighted by atomic mass is 16.6. The van der Waals surface area contributed by atoms with Crippen molar-refractivity contribution >= 4 is 12.1 Å². The second-order valence-electron chi connectivity index (χ2n) is 2.50. The molecule has 1 rings (SSSR count). The molecule has 14 heavy (non-hydrogen) atoms. The molecule has 1 fully saturated rings. The summed E-state index contributed by atoms with van der Waals surface area (Å²) in [6.45, 7) is 0.718. The summed E-state index contributed by atoms with van der Waals surface area (Å²) >= 11 is 0. The quantitative estimate of drug-likeness (QED) is 0.368. The molecule has 1 heterocycles. The molecule has 1 aliphatic heterocycles. The molecule has 0 saturated carbocycles. The normalized spacial score (nSPS) is 16.6. The summed E-state index contributed by atoms with van der Waals surface area (Å²) in [4.78, 5) is 23.3. The Morgan fingerprint density at radius 1 is 1.50 bits per heavy atom. The van der Waals surface area contributed by atoms with Gasteiger partial charge in [0.15, 0.2) is 0 Å². The summed E-state index contributed by atoms with van der Waals surface area (Å²) < 4.78 is 13.8. The number of esters is 1. The SMILES string of the molecule is COC(=O)/C(=C/N1CCOC1=O)OC. The number of amides is 1. The smallest absolute Gasteiger partial charge is 0.414 e. The molecular formula is C8H11NO5. The van der Waals surface area contributed by atoms with E-state index in [-0.39, 0.29) is 5.76 Å². The summed E-state index contributed by atoms with van der Waals surface area (Å²) in [6.07, 6.45) is 0.768. The third-order valence-electron chi connectivity index (χ3n) is 1.67. The number of hydrogen-bond acceptors (Lipinski definition) is 5. The van der Waals surface area contributed by atoms with Gasteiger partial charge in [0.1, 0.15) is 6.61 Å². The predicted molar refractivity (Wildman–Crippen MR) is 45.2 cm³/mol. The summed E-state index contributed by atoms with van der Waals surface area (Å²) in [7, 11) is 2.56. The number of rotatable bonds is 3. The maximum absolute atomic E-state index is 11.0. The van der Waals surface area contributed by atoms with Gasteiger partial charge in [-0.25, -0.2) is 9.59 Å². The molecule has 0 unspecified atom stereocenters. The molecule has 1 amide bonds. The third kappa shape index (κ3) is 2.15. The fourth-order valence-corrected chi connectivity index (χ4v) is 0.954. The summed E-state index contributed by atoms with van der Waals surface area (Å²) in [5.74, 6) is -0.668. The summed E-state index contributed by atoms with van der Waals surface area (Å²) in [5.41, 5.74) is 0. The number of hydrogen-bond donors (Lipinski definition) is 0. The van der Waals surface area contributed by atoms with Gasteiger partial charge in [0.2, 0.25) is 5.76 Å². The van der Waals surface area contributed by atoms with Gasteiger partial charge in [-0.1, -0.05) is 0 Å². The first-order valence-electron chi connectivity index (χ1n) is 3.96. The Bertz CT molecular complexity index is 273. The minimum absolute atomic E-state index is 0.0358. The molecule has 1 saturated heterocycles. The Morgan fingerprint density at radius 2 is 2.21 bits per heavy atom. The zero-order valence-corrected chi connectivity index (χ0v) is 7.98. The molecule has 0 radical (unpaired) electrons. The molecular weight excluding hydrogens is 190 g/mol. The van der Waals surface area contributed by atoms with Crippen molar-refractivity contribution in [1.29, 1.82) is 0 Å². The fourth-order valence-electron chi connectivity index (χ4n) is 0.954. The van der Waals surface area contributed by atoms with E-state index in [2.05, 4.69) is 9.47 Å². The van der Waals surface area contributed by atoms with Gasteiger partial charge >= 0.3 is 12.1 Å². The van der Waals surface area contributed by atoms with E-state index in [1.807, 2.05) is 0 Å². The second kappa shape index (κ2) is 4.50. The Balaban J connectivity index is 2.72. The van der Waals surface area contributed by atoms with E-state index >= 15 is 0 Å². The van der Waals surface area contributed by atoms with E-state index in [9.17, 15) is 9.59 Å². The predicted octanol–water partition coefficient (Wildman–Crippen LogP) is 0.0994. The van der Waals surface area contributed by atoms with Crippen LogP contribution in [0.1, 0.15) is 0 Å². The molecule has 0 spiro atoms. The minimum Gasteiger partial charge on any atom is -0.489 e. The highest BCUT2D eigenvalue weighted by Gasteiger charge is 2.22. The van der Waals surface area contributed by atoms with Gasteiger partial charge in [0, 0.05) is 0 Å². The van der Waals surface area contributed by atoms with Crippen molar-refractivity contribution < 1.29 is 23.8 Å². The third-order valence-corrected chi connectivity index (χ3v) is 1.67. The highest BCUT2D eigenvalue weighted by Crippen LogP contribution is 2.08. The van der Waals surface area contributed by atoms with E-state index in [0.717, 1.165) is 0 Å². The lowest BCUT2D eigenvalue weighted by Crippen LogP contribution is -2.20. The zero-order chi connectivity index (χ0) is 10.6. The van der Waals surface area contributed by atoms with Crippen LogP contribution in [-0.2, 0) is 19.0 Å². The maximum atomic E-state index is 11.0.